The zero-order chi connectivity index (χ0) is 15.5. The molecule has 2 aliphatic rings. The lowest BCUT2D eigenvalue weighted by molar-refractivity contribution is -0.120. The van der Waals surface area contributed by atoms with Gasteiger partial charge in [-0.25, -0.2) is 0 Å². The number of rotatable bonds is 4. The third kappa shape index (κ3) is 3.65. The highest BCUT2D eigenvalue weighted by Gasteiger charge is 2.27. The van der Waals surface area contributed by atoms with E-state index in [1.54, 1.807) is 12.1 Å². The predicted octanol–water partition coefficient (Wildman–Crippen LogP) is 2.03. The van der Waals surface area contributed by atoms with Crippen molar-refractivity contribution >= 4 is 17.5 Å². The number of hydrogen-bond donors (Lipinski definition) is 3. The first kappa shape index (κ1) is 15.0. The van der Waals surface area contributed by atoms with Crippen LogP contribution in [0.25, 0.3) is 0 Å². The van der Waals surface area contributed by atoms with Crippen molar-refractivity contribution in [3.05, 3.63) is 29.8 Å². The zero-order valence-corrected chi connectivity index (χ0v) is 12.7. The molecule has 2 fully saturated rings. The molecule has 5 nitrogen and oxygen atoms in total. The van der Waals surface area contributed by atoms with Gasteiger partial charge in [-0.3, -0.25) is 9.59 Å². The highest BCUT2D eigenvalue weighted by atomic mass is 16.2. The number of carbonyl (C=O) groups is 2. The fraction of sp³-hybridized carbons (Fsp3) is 0.529. The molecule has 1 aromatic rings. The number of anilines is 1. The quantitative estimate of drug-likeness (QED) is 0.795. The maximum absolute atomic E-state index is 12.4. The molecule has 2 saturated carbocycles. The van der Waals surface area contributed by atoms with Crippen LogP contribution in [0.3, 0.4) is 0 Å². The Labute approximate surface area is 130 Å². The number of carbonyl (C=O) groups excluding carboxylic acids is 2. The largest absolute Gasteiger partial charge is 0.349 e. The Morgan fingerprint density at radius 1 is 1.09 bits per heavy atom. The monoisotopic (exact) mass is 301 g/mol. The number of nitrogens with two attached hydrogens (primary N) is 1. The van der Waals surface area contributed by atoms with E-state index in [2.05, 4.69) is 10.6 Å². The maximum atomic E-state index is 12.4. The van der Waals surface area contributed by atoms with Crippen molar-refractivity contribution in [2.45, 2.75) is 50.6 Å². The third-order valence-electron chi connectivity index (χ3n) is 4.43. The van der Waals surface area contributed by atoms with Gasteiger partial charge in [0.1, 0.15) is 0 Å². The Balaban J connectivity index is 1.68. The first-order valence-electron chi connectivity index (χ1n) is 8.10. The maximum Gasteiger partial charge on any atom is 0.253 e. The van der Waals surface area contributed by atoms with Gasteiger partial charge in [0.25, 0.3) is 5.91 Å². The molecule has 0 radical (unpaired) electrons. The third-order valence-corrected chi connectivity index (χ3v) is 4.43. The molecule has 118 valence electrons. The summed E-state index contributed by atoms with van der Waals surface area (Å²) >= 11 is 0. The van der Waals surface area contributed by atoms with Crippen LogP contribution < -0.4 is 16.4 Å². The minimum atomic E-state index is -0.112. The molecule has 4 N–H and O–H groups in total. The molecule has 5 heteroatoms. The second-order valence-electron chi connectivity index (χ2n) is 6.41. The average molecular weight is 301 g/mol. The highest BCUT2D eigenvalue weighted by molar-refractivity contribution is 6.04. The van der Waals surface area contributed by atoms with E-state index in [0.717, 1.165) is 38.5 Å². The lowest BCUT2D eigenvalue weighted by Crippen LogP contribution is -2.35. The van der Waals surface area contributed by atoms with Gasteiger partial charge in [-0.2, -0.15) is 0 Å². The van der Waals surface area contributed by atoms with Gasteiger partial charge in [-0.1, -0.05) is 18.6 Å². The molecule has 2 unspecified atom stereocenters. The minimum absolute atomic E-state index is 0.0261. The van der Waals surface area contributed by atoms with Crippen LogP contribution in [0.15, 0.2) is 24.3 Å². The van der Waals surface area contributed by atoms with Gasteiger partial charge < -0.3 is 16.4 Å². The predicted molar refractivity (Wildman–Crippen MR) is 85.5 cm³/mol. The lowest BCUT2D eigenvalue weighted by Gasteiger charge is -2.26. The summed E-state index contributed by atoms with van der Waals surface area (Å²) in [6.07, 6.45) is 5.66. The Kier molecular flexibility index (Phi) is 4.43. The number of hydrogen-bond acceptors (Lipinski definition) is 3. The molecule has 2 atom stereocenters. The minimum Gasteiger partial charge on any atom is -0.349 e. The Morgan fingerprint density at radius 2 is 1.86 bits per heavy atom. The van der Waals surface area contributed by atoms with Crippen molar-refractivity contribution < 1.29 is 9.59 Å². The van der Waals surface area contributed by atoms with Crippen LogP contribution in [-0.4, -0.2) is 23.9 Å². The van der Waals surface area contributed by atoms with Gasteiger partial charge >= 0.3 is 0 Å². The summed E-state index contributed by atoms with van der Waals surface area (Å²) in [7, 11) is 0. The number of para-hydroxylation sites is 1. The van der Waals surface area contributed by atoms with Crippen LogP contribution in [0.1, 0.15) is 48.9 Å². The molecule has 0 bridgehead atoms. The zero-order valence-electron chi connectivity index (χ0n) is 12.7. The standard InChI is InChI=1S/C17H23N3O2/c18-12-5-3-4-11(10-12)16(21)20-15-7-2-1-6-14(15)17(22)19-13-8-9-13/h1-2,6-7,11-13H,3-5,8-10,18H2,(H,19,22)(H,20,21). The Hall–Kier alpha value is -1.88. The first-order chi connectivity index (χ1) is 10.6. The molecule has 0 spiro atoms. The van der Waals surface area contributed by atoms with E-state index in [0.29, 0.717) is 17.3 Å². The number of nitrogens with one attached hydrogen (secondary N) is 2. The van der Waals surface area contributed by atoms with Crippen molar-refractivity contribution in [2.24, 2.45) is 11.7 Å². The van der Waals surface area contributed by atoms with Gasteiger partial charge in [0.05, 0.1) is 11.3 Å². The van der Waals surface area contributed by atoms with E-state index in [1.807, 2.05) is 12.1 Å². The van der Waals surface area contributed by atoms with Gasteiger partial charge in [0.2, 0.25) is 5.91 Å². The van der Waals surface area contributed by atoms with E-state index < -0.39 is 0 Å². The smallest absolute Gasteiger partial charge is 0.253 e. The molecule has 0 aliphatic heterocycles. The second kappa shape index (κ2) is 6.48. The molecular formula is C17H23N3O2. The van der Waals surface area contributed by atoms with Gasteiger partial charge in [0.15, 0.2) is 0 Å². The van der Waals surface area contributed by atoms with Crippen LogP contribution in [0.4, 0.5) is 5.69 Å². The topological polar surface area (TPSA) is 84.2 Å². The van der Waals surface area contributed by atoms with Crippen molar-refractivity contribution in [1.29, 1.82) is 0 Å². The van der Waals surface area contributed by atoms with Gasteiger partial charge in [0, 0.05) is 18.0 Å². The van der Waals surface area contributed by atoms with Crippen LogP contribution in [0.5, 0.6) is 0 Å². The van der Waals surface area contributed by atoms with Gasteiger partial charge in [-0.15, -0.1) is 0 Å². The van der Waals surface area contributed by atoms with Crippen LogP contribution in [0.2, 0.25) is 0 Å². The lowest BCUT2D eigenvalue weighted by atomic mass is 9.85. The van der Waals surface area contributed by atoms with E-state index >= 15 is 0 Å². The van der Waals surface area contributed by atoms with Crippen molar-refractivity contribution in [1.82, 2.24) is 5.32 Å². The molecule has 22 heavy (non-hydrogen) atoms. The van der Waals surface area contributed by atoms with E-state index in [1.165, 1.54) is 0 Å². The summed E-state index contributed by atoms with van der Waals surface area (Å²) in [5, 5.41) is 5.88. The summed E-state index contributed by atoms with van der Waals surface area (Å²) < 4.78 is 0. The van der Waals surface area contributed by atoms with Crippen molar-refractivity contribution in [2.75, 3.05) is 5.32 Å². The van der Waals surface area contributed by atoms with Crippen LogP contribution >= 0.6 is 0 Å². The summed E-state index contributed by atoms with van der Waals surface area (Å²) in [5.74, 6) is -0.191. The van der Waals surface area contributed by atoms with Crippen LogP contribution in [0, 0.1) is 5.92 Å². The van der Waals surface area contributed by atoms with Crippen molar-refractivity contribution in [3.8, 4) is 0 Å². The molecule has 1 aromatic carbocycles. The average Bonchev–Trinajstić information content (AvgIpc) is 3.31. The summed E-state index contributed by atoms with van der Waals surface area (Å²) in [4.78, 5) is 24.7. The fourth-order valence-corrected chi connectivity index (χ4v) is 2.98. The molecule has 0 aromatic heterocycles. The summed E-state index contributed by atoms with van der Waals surface area (Å²) in [6.45, 7) is 0. The molecular weight excluding hydrogens is 278 g/mol. The fourth-order valence-electron chi connectivity index (χ4n) is 2.98. The summed E-state index contributed by atoms with van der Waals surface area (Å²) in [6, 6.07) is 7.58. The Bertz CT molecular complexity index is 569. The highest BCUT2D eigenvalue weighted by Crippen LogP contribution is 2.26. The first-order valence-corrected chi connectivity index (χ1v) is 8.10. The second-order valence-corrected chi connectivity index (χ2v) is 6.41. The molecule has 0 saturated heterocycles. The SMILES string of the molecule is NC1CCCC(C(=O)Nc2ccccc2C(=O)NC2CC2)C1. The number of benzene rings is 1. The van der Waals surface area contributed by atoms with E-state index in [4.69, 9.17) is 5.73 Å². The summed E-state index contributed by atoms with van der Waals surface area (Å²) in [5.41, 5.74) is 7.07. The molecule has 3 rings (SSSR count). The molecule has 0 heterocycles. The number of amides is 2. The molecule has 2 amide bonds. The van der Waals surface area contributed by atoms with E-state index in [-0.39, 0.29) is 23.8 Å². The molecule has 2 aliphatic carbocycles. The van der Waals surface area contributed by atoms with E-state index in [9.17, 15) is 9.59 Å². The van der Waals surface area contributed by atoms with Gasteiger partial charge in [-0.05, 0) is 44.2 Å². The normalized spacial score (nSPS) is 24.6. The van der Waals surface area contributed by atoms with Crippen LogP contribution in [-0.2, 0) is 4.79 Å². The van der Waals surface area contributed by atoms with Crippen molar-refractivity contribution in [3.63, 3.8) is 0 Å². The Morgan fingerprint density at radius 3 is 2.59 bits per heavy atom.